The number of thiophene rings is 1. The summed E-state index contributed by atoms with van der Waals surface area (Å²) in [6.07, 6.45) is 2.74. The zero-order valence-electron chi connectivity index (χ0n) is 16.1. The van der Waals surface area contributed by atoms with E-state index in [1.54, 1.807) is 11.3 Å². The minimum Gasteiger partial charge on any atom is -0.396 e. The molecule has 0 aliphatic carbocycles. The Morgan fingerprint density at radius 2 is 2.11 bits per heavy atom. The van der Waals surface area contributed by atoms with Gasteiger partial charge in [-0.05, 0) is 60.4 Å². The molecule has 0 amide bonds. The number of aliphatic hydroxyl groups excluding tert-OH is 1. The van der Waals surface area contributed by atoms with Gasteiger partial charge in [0.1, 0.15) is 0 Å². The molecule has 1 atom stereocenters. The van der Waals surface area contributed by atoms with E-state index in [2.05, 4.69) is 63.7 Å². The van der Waals surface area contributed by atoms with E-state index in [0.717, 1.165) is 38.1 Å². The van der Waals surface area contributed by atoms with Crippen molar-refractivity contribution in [2.24, 2.45) is 0 Å². The maximum absolute atomic E-state index is 9.61. The maximum atomic E-state index is 9.61. The highest BCUT2D eigenvalue weighted by atomic mass is 32.1. The highest BCUT2D eigenvalue weighted by Gasteiger charge is 2.27. The first-order valence-electron chi connectivity index (χ1n) is 9.62. The number of piperazine rings is 1. The molecule has 4 rings (SSSR count). The van der Waals surface area contributed by atoms with Crippen molar-refractivity contribution in [1.82, 2.24) is 9.88 Å². The zero-order chi connectivity index (χ0) is 18.8. The predicted molar refractivity (Wildman–Crippen MR) is 114 cm³/mol. The van der Waals surface area contributed by atoms with E-state index in [4.69, 9.17) is 0 Å². The number of aryl methyl sites for hydroxylation is 2. The number of fused-ring (bicyclic) bond motifs is 1. The summed E-state index contributed by atoms with van der Waals surface area (Å²) in [6, 6.07) is 9.16. The molecule has 1 aromatic carbocycles. The van der Waals surface area contributed by atoms with E-state index in [9.17, 15) is 5.11 Å². The van der Waals surface area contributed by atoms with Crippen LogP contribution in [0.2, 0.25) is 0 Å². The lowest BCUT2D eigenvalue weighted by atomic mass is 10.0. The van der Waals surface area contributed by atoms with E-state index in [0.29, 0.717) is 6.04 Å². The molecule has 3 aromatic rings. The van der Waals surface area contributed by atoms with Crippen molar-refractivity contribution in [2.75, 3.05) is 31.1 Å². The molecular weight excluding hydrogens is 354 g/mol. The van der Waals surface area contributed by atoms with Crippen LogP contribution in [0.4, 0.5) is 5.69 Å². The van der Waals surface area contributed by atoms with Crippen molar-refractivity contribution in [1.29, 1.82) is 0 Å². The number of pyridine rings is 1. The molecule has 0 spiro atoms. The van der Waals surface area contributed by atoms with Gasteiger partial charge in [0.05, 0.1) is 5.52 Å². The monoisotopic (exact) mass is 381 g/mol. The molecular formula is C22H27N3OS. The second-order valence-corrected chi connectivity index (χ2v) is 8.30. The molecule has 0 radical (unpaired) electrons. The third-order valence-electron chi connectivity index (χ3n) is 5.53. The molecule has 0 bridgehead atoms. The van der Waals surface area contributed by atoms with Gasteiger partial charge < -0.3 is 10.0 Å². The van der Waals surface area contributed by atoms with Gasteiger partial charge in [0, 0.05) is 56.1 Å². The van der Waals surface area contributed by atoms with Crippen LogP contribution in [0, 0.1) is 13.8 Å². The van der Waals surface area contributed by atoms with Crippen LogP contribution in [0.1, 0.15) is 23.1 Å². The van der Waals surface area contributed by atoms with Crippen LogP contribution in [-0.4, -0.2) is 47.3 Å². The number of aliphatic hydroxyl groups is 1. The van der Waals surface area contributed by atoms with Gasteiger partial charge in [-0.1, -0.05) is 11.6 Å². The molecule has 142 valence electrons. The first-order valence-corrected chi connectivity index (χ1v) is 10.6. The first kappa shape index (κ1) is 18.4. The summed E-state index contributed by atoms with van der Waals surface area (Å²) < 4.78 is 0. The number of aromatic nitrogens is 1. The quantitative estimate of drug-likeness (QED) is 0.725. The largest absolute Gasteiger partial charge is 0.396 e. The van der Waals surface area contributed by atoms with Gasteiger partial charge in [-0.15, -0.1) is 0 Å². The van der Waals surface area contributed by atoms with Gasteiger partial charge in [0.2, 0.25) is 0 Å². The van der Waals surface area contributed by atoms with Gasteiger partial charge in [-0.3, -0.25) is 9.88 Å². The van der Waals surface area contributed by atoms with E-state index in [1.165, 1.54) is 27.8 Å². The Labute approximate surface area is 165 Å². The Kier molecular flexibility index (Phi) is 5.43. The SMILES string of the molecule is Cc1cc(C)c2nccc(N3CCN(Cc4ccsc4)[C@H](CCO)C3)c2c1. The molecule has 1 fully saturated rings. The average molecular weight is 382 g/mol. The standard InChI is InChI=1S/C22H27N3OS/c1-16-11-17(2)22-20(12-16)21(3-6-23-22)25-8-7-24(19(14-25)4-9-26)13-18-5-10-27-15-18/h3,5-6,10-12,15,19,26H,4,7-9,13-14H2,1-2H3/t19-/m1/s1. The second-order valence-electron chi connectivity index (χ2n) is 7.52. The van der Waals surface area contributed by atoms with Gasteiger partial charge in [-0.2, -0.15) is 11.3 Å². The zero-order valence-corrected chi connectivity index (χ0v) is 16.9. The van der Waals surface area contributed by atoms with Gasteiger partial charge in [0.25, 0.3) is 0 Å². The van der Waals surface area contributed by atoms with Gasteiger partial charge in [-0.25, -0.2) is 0 Å². The van der Waals surface area contributed by atoms with Crippen molar-refractivity contribution in [3.63, 3.8) is 0 Å². The Hall–Kier alpha value is -1.95. The summed E-state index contributed by atoms with van der Waals surface area (Å²) in [6.45, 7) is 8.44. The van der Waals surface area contributed by atoms with E-state index >= 15 is 0 Å². The molecule has 2 aromatic heterocycles. The van der Waals surface area contributed by atoms with Crippen LogP contribution >= 0.6 is 11.3 Å². The number of rotatable bonds is 5. The molecule has 1 aliphatic rings. The summed E-state index contributed by atoms with van der Waals surface area (Å²) >= 11 is 1.75. The third-order valence-corrected chi connectivity index (χ3v) is 6.26. The van der Waals surface area contributed by atoms with Crippen molar-refractivity contribution in [2.45, 2.75) is 32.9 Å². The summed E-state index contributed by atoms with van der Waals surface area (Å²) in [5.41, 5.74) is 6.24. The molecule has 5 heteroatoms. The van der Waals surface area contributed by atoms with Crippen LogP contribution < -0.4 is 4.90 Å². The van der Waals surface area contributed by atoms with Crippen LogP contribution in [0.15, 0.2) is 41.2 Å². The Bertz CT molecular complexity index is 909. The second kappa shape index (κ2) is 7.97. The fourth-order valence-corrected chi connectivity index (χ4v) is 4.89. The van der Waals surface area contributed by atoms with E-state index in [-0.39, 0.29) is 6.61 Å². The minimum atomic E-state index is 0.230. The van der Waals surface area contributed by atoms with Crippen molar-refractivity contribution in [3.8, 4) is 0 Å². The molecule has 4 nitrogen and oxygen atoms in total. The lowest BCUT2D eigenvalue weighted by Crippen LogP contribution is -2.53. The number of benzene rings is 1. The lowest BCUT2D eigenvalue weighted by molar-refractivity contribution is 0.136. The molecule has 27 heavy (non-hydrogen) atoms. The molecule has 0 unspecified atom stereocenters. The number of anilines is 1. The normalized spacial score (nSPS) is 18.3. The molecule has 1 N–H and O–H groups in total. The molecule has 1 aliphatic heterocycles. The predicted octanol–water partition coefficient (Wildman–Crippen LogP) is 3.99. The average Bonchev–Trinajstić information content (AvgIpc) is 3.16. The van der Waals surface area contributed by atoms with E-state index in [1.807, 2.05) is 6.20 Å². The molecule has 0 saturated carbocycles. The van der Waals surface area contributed by atoms with E-state index < -0.39 is 0 Å². The Morgan fingerprint density at radius 1 is 1.22 bits per heavy atom. The number of hydrogen-bond acceptors (Lipinski definition) is 5. The highest BCUT2D eigenvalue weighted by Crippen LogP contribution is 2.31. The maximum Gasteiger partial charge on any atom is 0.0752 e. The fourth-order valence-electron chi connectivity index (χ4n) is 4.23. The number of hydrogen-bond donors (Lipinski definition) is 1. The Morgan fingerprint density at radius 3 is 2.89 bits per heavy atom. The van der Waals surface area contributed by atoms with Crippen LogP contribution in [-0.2, 0) is 6.54 Å². The van der Waals surface area contributed by atoms with Crippen LogP contribution in [0.25, 0.3) is 10.9 Å². The minimum absolute atomic E-state index is 0.230. The van der Waals surface area contributed by atoms with Crippen molar-refractivity contribution < 1.29 is 5.11 Å². The summed E-state index contributed by atoms with van der Waals surface area (Å²) in [5.74, 6) is 0. The fraction of sp³-hybridized carbons (Fsp3) is 0.409. The Balaban J connectivity index is 1.61. The molecule has 1 saturated heterocycles. The number of nitrogens with zero attached hydrogens (tertiary/aromatic N) is 3. The summed E-state index contributed by atoms with van der Waals surface area (Å²) in [4.78, 5) is 9.62. The third kappa shape index (κ3) is 3.86. The van der Waals surface area contributed by atoms with Crippen LogP contribution in [0.5, 0.6) is 0 Å². The molecule has 3 heterocycles. The van der Waals surface area contributed by atoms with Gasteiger partial charge >= 0.3 is 0 Å². The summed E-state index contributed by atoms with van der Waals surface area (Å²) in [7, 11) is 0. The smallest absolute Gasteiger partial charge is 0.0752 e. The van der Waals surface area contributed by atoms with Crippen molar-refractivity contribution >= 4 is 27.9 Å². The van der Waals surface area contributed by atoms with Gasteiger partial charge in [0.15, 0.2) is 0 Å². The topological polar surface area (TPSA) is 39.6 Å². The lowest BCUT2D eigenvalue weighted by Gasteiger charge is -2.42. The van der Waals surface area contributed by atoms with Crippen molar-refractivity contribution in [3.05, 3.63) is 57.9 Å². The summed E-state index contributed by atoms with van der Waals surface area (Å²) in [5, 5.41) is 15.2. The highest BCUT2D eigenvalue weighted by molar-refractivity contribution is 7.07. The first-order chi connectivity index (χ1) is 13.2. The van der Waals surface area contributed by atoms with Crippen LogP contribution in [0.3, 0.4) is 0 Å².